The van der Waals surface area contributed by atoms with E-state index in [1.807, 2.05) is 11.6 Å². The highest BCUT2D eigenvalue weighted by Crippen LogP contribution is 2.26. The lowest BCUT2D eigenvalue weighted by Gasteiger charge is -2.23. The van der Waals surface area contributed by atoms with Gasteiger partial charge in [-0.2, -0.15) is 0 Å². The predicted molar refractivity (Wildman–Crippen MR) is 97.6 cm³/mol. The number of piperidine rings is 1. The van der Waals surface area contributed by atoms with Crippen LogP contribution in [0.1, 0.15) is 35.1 Å². The lowest BCUT2D eigenvalue weighted by molar-refractivity contribution is 0.102. The Bertz CT molecular complexity index is 728. The quantitative estimate of drug-likeness (QED) is 0.841. The van der Waals surface area contributed by atoms with Gasteiger partial charge in [0.2, 0.25) is 0 Å². The number of rotatable bonds is 3. The SMILES string of the molecule is Cc1c(C(=O)Nc2ccc(Cl)c(Cl)c2)nnn1C1CCNCC1.Cl. The minimum absolute atomic E-state index is 0. The van der Waals surface area contributed by atoms with Gasteiger partial charge in [0, 0.05) is 5.69 Å². The van der Waals surface area contributed by atoms with Crippen molar-refractivity contribution in [1.29, 1.82) is 0 Å². The van der Waals surface area contributed by atoms with E-state index in [4.69, 9.17) is 23.2 Å². The fourth-order valence-corrected chi connectivity index (χ4v) is 3.01. The molecule has 6 nitrogen and oxygen atoms in total. The van der Waals surface area contributed by atoms with Crippen molar-refractivity contribution in [2.24, 2.45) is 0 Å². The molecule has 3 rings (SSSR count). The first-order valence-corrected chi connectivity index (χ1v) is 8.21. The van der Waals surface area contributed by atoms with Crippen LogP contribution in [0.15, 0.2) is 18.2 Å². The molecular weight excluding hydrogens is 373 g/mol. The van der Waals surface area contributed by atoms with Gasteiger partial charge in [-0.25, -0.2) is 4.68 Å². The number of nitrogens with one attached hydrogen (secondary N) is 2. The molecule has 1 saturated heterocycles. The van der Waals surface area contributed by atoms with Gasteiger partial charge in [-0.15, -0.1) is 17.5 Å². The third-order valence-corrected chi connectivity index (χ3v) is 4.71. The van der Waals surface area contributed by atoms with E-state index in [1.54, 1.807) is 18.2 Å². The van der Waals surface area contributed by atoms with Crippen LogP contribution < -0.4 is 10.6 Å². The van der Waals surface area contributed by atoms with Gasteiger partial charge in [0.25, 0.3) is 5.91 Å². The van der Waals surface area contributed by atoms with Gasteiger partial charge in [0.15, 0.2) is 5.69 Å². The number of benzene rings is 1. The summed E-state index contributed by atoms with van der Waals surface area (Å²) in [6.07, 6.45) is 1.97. The molecule has 2 N–H and O–H groups in total. The standard InChI is InChI=1S/C15H17Cl2N5O.ClH/c1-9-14(20-21-22(9)11-4-6-18-7-5-11)15(23)19-10-2-3-12(16)13(17)8-10;/h2-3,8,11,18H,4-7H2,1H3,(H,19,23);1H. The predicted octanol–water partition coefficient (Wildman–Crippen LogP) is 3.49. The molecule has 1 aliphatic rings. The lowest BCUT2D eigenvalue weighted by Crippen LogP contribution is -2.30. The van der Waals surface area contributed by atoms with Crippen LogP contribution >= 0.6 is 35.6 Å². The number of hydrogen-bond donors (Lipinski definition) is 2. The van der Waals surface area contributed by atoms with Crippen molar-refractivity contribution in [2.75, 3.05) is 18.4 Å². The number of hydrogen-bond acceptors (Lipinski definition) is 4. The van der Waals surface area contributed by atoms with Crippen LogP contribution in [0, 0.1) is 6.92 Å². The summed E-state index contributed by atoms with van der Waals surface area (Å²) in [6, 6.07) is 5.22. The monoisotopic (exact) mass is 389 g/mol. The number of anilines is 1. The van der Waals surface area contributed by atoms with E-state index in [-0.39, 0.29) is 24.4 Å². The maximum Gasteiger partial charge on any atom is 0.278 e. The van der Waals surface area contributed by atoms with Gasteiger partial charge < -0.3 is 10.6 Å². The van der Waals surface area contributed by atoms with Gasteiger partial charge in [-0.3, -0.25) is 4.79 Å². The van der Waals surface area contributed by atoms with Crippen LogP contribution in [0.3, 0.4) is 0 Å². The van der Waals surface area contributed by atoms with Crippen LogP contribution in [0.2, 0.25) is 10.0 Å². The van der Waals surface area contributed by atoms with Gasteiger partial charge in [-0.1, -0.05) is 28.4 Å². The van der Waals surface area contributed by atoms with Crippen LogP contribution in [0.25, 0.3) is 0 Å². The first-order valence-electron chi connectivity index (χ1n) is 7.45. The van der Waals surface area contributed by atoms with Crippen molar-refractivity contribution in [3.63, 3.8) is 0 Å². The number of amides is 1. The van der Waals surface area contributed by atoms with E-state index in [9.17, 15) is 4.79 Å². The second kappa shape index (κ2) is 8.16. The van der Waals surface area contributed by atoms with Crippen LogP contribution in [-0.2, 0) is 0 Å². The third kappa shape index (κ3) is 4.00. The fourth-order valence-electron chi connectivity index (χ4n) is 2.71. The zero-order valence-electron chi connectivity index (χ0n) is 13.1. The van der Waals surface area contributed by atoms with Crippen LogP contribution in [-0.4, -0.2) is 34.0 Å². The number of aromatic nitrogens is 3. The number of carbonyl (C=O) groups is 1. The van der Waals surface area contributed by atoms with E-state index >= 15 is 0 Å². The zero-order valence-corrected chi connectivity index (χ0v) is 15.4. The summed E-state index contributed by atoms with van der Waals surface area (Å²) in [6.45, 7) is 3.77. The Labute approximate surface area is 156 Å². The van der Waals surface area contributed by atoms with Crippen LogP contribution in [0.5, 0.6) is 0 Å². The molecule has 0 radical (unpaired) electrons. The first-order chi connectivity index (χ1) is 11.1. The molecule has 1 aliphatic heterocycles. The Morgan fingerprint density at radius 3 is 2.67 bits per heavy atom. The minimum atomic E-state index is -0.305. The molecule has 24 heavy (non-hydrogen) atoms. The summed E-state index contributed by atoms with van der Waals surface area (Å²) < 4.78 is 1.85. The van der Waals surface area contributed by atoms with E-state index < -0.39 is 0 Å². The number of carbonyl (C=O) groups excluding carboxylic acids is 1. The molecule has 1 aromatic carbocycles. The average molecular weight is 391 g/mol. The molecule has 0 saturated carbocycles. The second-order valence-electron chi connectivity index (χ2n) is 5.53. The molecule has 2 aromatic rings. The molecule has 130 valence electrons. The molecule has 1 fully saturated rings. The van der Waals surface area contributed by atoms with Crippen molar-refractivity contribution in [3.8, 4) is 0 Å². The Morgan fingerprint density at radius 1 is 1.29 bits per heavy atom. The highest BCUT2D eigenvalue weighted by atomic mass is 35.5. The third-order valence-electron chi connectivity index (χ3n) is 3.97. The molecule has 0 aliphatic carbocycles. The van der Waals surface area contributed by atoms with E-state index in [0.29, 0.717) is 21.4 Å². The summed E-state index contributed by atoms with van der Waals surface area (Å²) >= 11 is 11.8. The molecular formula is C15H18Cl3N5O. The largest absolute Gasteiger partial charge is 0.320 e. The zero-order chi connectivity index (χ0) is 16.4. The number of nitrogens with zero attached hydrogens (tertiary/aromatic N) is 3. The summed E-state index contributed by atoms with van der Waals surface area (Å²) in [7, 11) is 0. The van der Waals surface area contributed by atoms with Crippen molar-refractivity contribution in [2.45, 2.75) is 25.8 Å². The summed E-state index contributed by atoms with van der Waals surface area (Å²) in [5.41, 5.74) is 1.67. The molecule has 0 bridgehead atoms. The summed E-state index contributed by atoms with van der Waals surface area (Å²) in [5.74, 6) is -0.305. The van der Waals surface area contributed by atoms with E-state index in [2.05, 4.69) is 20.9 Å². The molecule has 0 spiro atoms. The molecule has 1 aromatic heterocycles. The second-order valence-corrected chi connectivity index (χ2v) is 6.35. The Kier molecular flexibility index (Phi) is 6.46. The molecule has 0 atom stereocenters. The molecule has 2 heterocycles. The van der Waals surface area contributed by atoms with Gasteiger partial charge in [-0.05, 0) is 51.1 Å². The normalized spacial score (nSPS) is 15.0. The van der Waals surface area contributed by atoms with Gasteiger partial charge in [0.1, 0.15) is 0 Å². The Balaban J connectivity index is 0.00000208. The molecule has 1 amide bonds. The molecule has 9 heteroatoms. The smallest absolute Gasteiger partial charge is 0.278 e. The maximum atomic E-state index is 12.4. The Morgan fingerprint density at radius 2 is 2.00 bits per heavy atom. The van der Waals surface area contributed by atoms with Crippen molar-refractivity contribution < 1.29 is 4.79 Å². The summed E-state index contributed by atoms with van der Waals surface area (Å²) in [5, 5.41) is 15.1. The molecule has 0 unspecified atom stereocenters. The van der Waals surface area contributed by atoms with Crippen molar-refractivity contribution in [3.05, 3.63) is 39.6 Å². The number of halogens is 3. The summed E-state index contributed by atoms with van der Waals surface area (Å²) in [4.78, 5) is 12.4. The first kappa shape index (κ1) is 19.0. The Hall–Kier alpha value is -1.34. The minimum Gasteiger partial charge on any atom is -0.320 e. The van der Waals surface area contributed by atoms with Gasteiger partial charge >= 0.3 is 0 Å². The topological polar surface area (TPSA) is 71.8 Å². The highest BCUT2D eigenvalue weighted by molar-refractivity contribution is 6.42. The van der Waals surface area contributed by atoms with Gasteiger partial charge in [0.05, 0.1) is 21.8 Å². The highest BCUT2D eigenvalue weighted by Gasteiger charge is 2.23. The fraction of sp³-hybridized carbons (Fsp3) is 0.400. The maximum absolute atomic E-state index is 12.4. The van der Waals surface area contributed by atoms with E-state index in [0.717, 1.165) is 31.6 Å². The van der Waals surface area contributed by atoms with Crippen LogP contribution in [0.4, 0.5) is 5.69 Å². The lowest BCUT2D eigenvalue weighted by atomic mass is 10.1. The van der Waals surface area contributed by atoms with Crippen molar-refractivity contribution >= 4 is 47.2 Å². The average Bonchev–Trinajstić information content (AvgIpc) is 2.93. The van der Waals surface area contributed by atoms with E-state index in [1.165, 1.54) is 0 Å². The van der Waals surface area contributed by atoms with Crippen molar-refractivity contribution in [1.82, 2.24) is 20.3 Å².